The summed E-state index contributed by atoms with van der Waals surface area (Å²) in [5.41, 5.74) is 3.84. The monoisotopic (exact) mass is 335 g/mol. The van der Waals surface area contributed by atoms with Crippen LogP contribution < -0.4 is 10.6 Å². The van der Waals surface area contributed by atoms with Crippen LogP contribution in [0, 0.1) is 19.3 Å². The minimum Gasteiger partial charge on any atom is -0.385 e. The van der Waals surface area contributed by atoms with E-state index < -0.39 is 0 Å². The largest absolute Gasteiger partial charge is 0.385 e. The number of aryl methyl sites for hydroxylation is 2. The van der Waals surface area contributed by atoms with Crippen molar-refractivity contribution in [1.29, 1.82) is 0 Å². The highest BCUT2D eigenvalue weighted by molar-refractivity contribution is 5.79. The summed E-state index contributed by atoms with van der Waals surface area (Å²) in [6.07, 6.45) is 5.01. The van der Waals surface area contributed by atoms with Crippen molar-refractivity contribution in [3.05, 3.63) is 17.0 Å². The third kappa shape index (κ3) is 4.50. The zero-order chi connectivity index (χ0) is 17.6. The van der Waals surface area contributed by atoms with Gasteiger partial charge in [-0.05, 0) is 45.4 Å². The van der Waals surface area contributed by atoms with Gasteiger partial charge in [-0.2, -0.15) is 5.10 Å². The molecule has 1 aromatic rings. The van der Waals surface area contributed by atoms with Crippen LogP contribution in [0.15, 0.2) is 4.99 Å². The summed E-state index contributed by atoms with van der Waals surface area (Å²) in [7, 11) is 3.76. The van der Waals surface area contributed by atoms with E-state index in [1.807, 2.05) is 18.7 Å². The molecule has 6 heteroatoms. The molecule has 0 saturated heterocycles. The summed E-state index contributed by atoms with van der Waals surface area (Å²) in [5, 5.41) is 11.4. The molecule has 0 radical (unpaired) electrons. The maximum Gasteiger partial charge on any atom is 0.191 e. The van der Waals surface area contributed by atoms with Gasteiger partial charge in [-0.15, -0.1) is 0 Å². The number of aromatic nitrogens is 2. The fraction of sp³-hybridized carbons (Fsp3) is 0.778. The number of guanidine groups is 1. The van der Waals surface area contributed by atoms with Crippen molar-refractivity contribution >= 4 is 5.96 Å². The van der Waals surface area contributed by atoms with E-state index >= 15 is 0 Å². The van der Waals surface area contributed by atoms with E-state index in [9.17, 15) is 0 Å². The molecular formula is C18H33N5O. The second-order valence-electron chi connectivity index (χ2n) is 6.92. The topological polar surface area (TPSA) is 63.5 Å². The Labute approximate surface area is 146 Å². The molecule has 6 nitrogen and oxygen atoms in total. The van der Waals surface area contributed by atoms with Crippen molar-refractivity contribution in [3.8, 4) is 0 Å². The van der Waals surface area contributed by atoms with Crippen molar-refractivity contribution in [1.82, 2.24) is 20.4 Å². The molecule has 0 amide bonds. The van der Waals surface area contributed by atoms with Gasteiger partial charge in [0.05, 0.1) is 12.2 Å². The molecule has 1 heterocycles. The van der Waals surface area contributed by atoms with E-state index in [0.717, 1.165) is 37.8 Å². The fourth-order valence-corrected chi connectivity index (χ4v) is 3.33. The molecule has 2 rings (SSSR count). The number of nitrogens with one attached hydrogen (secondary N) is 2. The average Bonchev–Trinajstić information content (AvgIpc) is 2.76. The van der Waals surface area contributed by atoms with Gasteiger partial charge in [0, 0.05) is 45.1 Å². The van der Waals surface area contributed by atoms with Gasteiger partial charge in [0.15, 0.2) is 5.96 Å². The van der Waals surface area contributed by atoms with Gasteiger partial charge in [0.25, 0.3) is 0 Å². The Hall–Kier alpha value is -1.56. The standard InChI is InChI=1S/C18H33N5O/c1-6-19-17(20-12-16-14(2)22-23(4)15(16)3)21-13-18(8-7-9-18)10-11-24-5/h6-13H2,1-5H3,(H2,19,20,21). The summed E-state index contributed by atoms with van der Waals surface area (Å²) in [6.45, 7) is 9.57. The van der Waals surface area contributed by atoms with Crippen LogP contribution in [0.3, 0.4) is 0 Å². The van der Waals surface area contributed by atoms with E-state index in [2.05, 4.69) is 29.6 Å². The molecule has 1 saturated carbocycles. The number of ether oxygens (including phenoxy) is 1. The highest BCUT2D eigenvalue weighted by atomic mass is 16.5. The Kier molecular flexibility index (Phi) is 6.66. The van der Waals surface area contributed by atoms with Gasteiger partial charge < -0.3 is 15.4 Å². The zero-order valence-electron chi connectivity index (χ0n) is 15.9. The molecule has 1 aliphatic carbocycles. The molecule has 1 fully saturated rings. The molecule has 136 valence electrons. The Balaban J connectivity index is 1.98. The van der Waals surface area contributed by atoms with Crippen LogP contribution in [0.4, 0.5) is 0 Å². The number of rotatable bonds is 8. The molecule has 0 atom stereocenters. The van der Waals surface area contributed by atoms with E-state index in [-0.39, 0.29) is 0 Å². The van der Waals surface area contributed by atoms with Gasteiger partial charge in [-0.3, -0.25) is 4.68 Å². The molecule has 0 unspecified atom stereocenters. The molecule has 2 N–H and O–H groups in total. The predicted octanol–water partition coefficient (Wildman–Crippen LogP) is 2.30. The van der Waals surface area contributed by atoms with E-state index in [1.165, 1.54) is 30.5 Å². The normalized spacial score (nSPS) is 16.8. The summed E-state index contributed by atoms with van der Waals surface area (Å²) >= 11 is 0. The number of hydrogen-bond acceptors (Lipinski definition) is 3. The second kappa shape index (κ2) is 8.51. The number of aliphatic imine (C=N–C) groups is 1. The zero-order valence-corrected chi connectivity index (χ0v) is 15.9. The lowest BCUT2D eigenvalue weighted by Crippen LogP contribution is -2.47. The fourth-order valence-electron chi connectivity index (χ4n) is 3.33. The van der Waals surface area contributed by atoms with Crippen LogP contribution in [0.5, 0.6) is 0 Å². The summed E-state index contributed by atoms with van der Waals surface area (Å²) in [4.78, 5) is 4.77. The van der Waals surface area contributed by atoms with Crippen LogP contribution >= 0.6 is 0 Å². The third-order valence-corrected chi connectivity index (χ3v) is 5.28. The maximum absolute atomic E-state index is 5.28. The minimum absolute atomic E-state index is 0.381. The van der Waals surface area contributed by atoms with Crippen molar-refractivity contribution in [3.63, 3.8) is 0 Å². The predicted molar refractivity (Wildman–Crippen MR) is 98.3 cm³/mol. The third-order valence-electron chi connectivity index (χ3n) is 5.28. The molecule has 0 bridgehead atoms. The first kappa shape index (κ1) is 18.8. The van der Waals surface area contributed by atoms with E-state index in [0.29, 0.717) is 12.0 Å². The lowest BCUT2D eigenvalue weighted by molar-refractivity contribution is 0.0732. The van der Waals surface area contributed by atoms with Crippen molar-refractivity contribution < 1.29 is 4.74 Å². The van der Waals surface area contributed by atoms with Gasteiger partial charge in [-0.1, -0.05) is 6.42 Å². The van der Waals surface area contributed by atoms with Crippen LogP contribution in [-0.4, -0.2) is 42.5 Å². The van der Waals surface area contributed by atoms with Gasteiger partial charge >= 0.3 is 0 Å². The first-order valence-electron chi connectivity index (χ1n) is 9.01. The lowest BCUT2D eigenvalue weighted by atomic mass is 9.67. The van der Waals surface area contributed by atoms with Gasteiger partial charge in [0.2, 0.25) is 0 Å². The molecule has 0 aliphatic heterocycles. The van der Waals surface area contributed by atoms with E-state index in [4.69, 9.17) is 9.73 Å². The Bertz CT molecular complexity index is 560. The second-order valence-corrected chi connectivity index (χ2v) is 6.92. The molecule has 0 aromatic carbocycles. The maximum atomic E-state index is 5.28. The van der Waals surface area contributed by atoms with Crippen molar-refractivity contribution in [2.75, 3.05) is 26.8 Å². The number of methoxy groups -OCH3 is 1. The van der Waals surface area contributed by atoms with Crippen LogP contribution in [-0.2, 0) is 18.3 Å². The van der Waals surface area contributed by atoms with Gasteiger partial charge in [-0.25, -0.2) is 4.99 Å². The van der Waals surface area contributed by atoms with Gasteiger partial charge in [0.1, 0.15) is 0 Å². The summed E-state index contributed by atoms with van der Waals surface area (Å²) in [6, 6.07) is 0. The lowest BCUT2D eigenvalue weighted by Gasteiger charge is -2.42. The molecule has 1 aliphatic rings. The first-order valence-corrected chi connectivity index (χ1v) is 9.01. The quantitative estimate of drug-likeness (QED) is 0.565. The first-order chi connectivity index (χ1) is 11.5. The van der Waals surface area contributed by atoms with Crippen molar-refractivity contribution in [2.24, 2.45) is 17.5 Å². The number of nitrogens with zero attached hydrogens (tertiary/aromatic N) is 3. The Morgan fingerprint density at radius 3 is 2.58 bits per heavy atom. The summed E-state index contributed by atoms with van der Waals surface area (Å²) in [5.74, 6) is 0.892. The highest BCUT2D eigenvalue weighted by Crippen LogP contribution is 2.43. The van der Waals surface area contributed by atoms with Crippen LogP contribution in [0.2, 0.25) is 0 Å². The summed E-state index contributed by atoms with van der Waals surface area (Å²) < 4.78 is 7.20. The minimum atomic E-state index is 0.381. The van der Waals surface area contributed by atoms with E-state index in [1.54, 1.807) is 7.11 Å². The smallest absolute Gasteiger partial charge is 0.191 e. The van der Waals surface area contributed by atoms with Crippen LogP contribution in [0.1, 0.15) is 49.6 Å². The molecule has 1 aromatic heterocycles. The SMILES string of the molecule is CCNC(=NCc1c(C)nn(C)c1C)NCC1(CCOC)CCC1. The Morgan fingerprint density at radius 1 is 1.33 bits per heavy atom. The number of hydrogen-bond donors (Lipinski definition) is 2. The van der Waals surface area contributed by atoms with Crippen LogP contribution in [0.25, 0.3) is 0 Å². The molecule has 0 spiro atoms. The Morgan fingerprint density at radius 2 is 2.08 bits per heavy atom. The molecular weight excluding hydrogens is 302 g/mol. The van der Waals surface area contributed by atoms with Crippen molar-refractivity contribution in [2.45, 2.75) is 53.0 Å². The highest BCUT2D eigenvalue weighted by Gasteiger charge is 2.36. The average molecular weight is 335 g/mol. The molecule has 24 heavy (non-hydrogen) atoms.